The van der Waals surface area contributed by atoms with E-state index in [-0.39, 0.29) is 23.8 Å². The van der Waals surface area contributed by atoms with Gasteiger partial charge in [-0.25, -0.2) is 9.78 Å². The summed E-state index contributed by atoms with van der Waals surface area (Å²) in [6, 6.07) is 11.8. The summed E-state index contributed by atoms with van der Waals surface area (Å²) in [4.78, 5) is 32.2. The molecular weight excluding hydrogens is 322 g/mol. The number of amides is 1. The molecule has 1 saturated heterocycles. The minimum atomic E-state index is -0.710. The van der Waals surface area contributed by atoms with Gasteiger partial charge < -0.3 is 19.6 Å². The van der Waals surface area contributed by atoms with E-state index in [9.17, 15) is 14.7 Å². The zero-order chi connectivity index (χ0) is 17.6. The third-order valence-electron chi connectivity index (χ3n) is 4.06. The highest BCUT2D eigenvalue weighted by Gasteiger charge is 2.23. The minimum absolute atomic E-state index is 0.0512. The first-order valence-electron chi connectivity index (χ1n) is 8.04. The monoisotopic (exact) mass is 341 g/mol. The van der Waals surface area contributed by atoms with Gasteiger partial charge in [0.05, 0.1) is 0 Å². The summed E-state index contributed by atoms with van der Waals surface area (Å²) in [5.74, 6) is -0.229. The molecule has 1 aromatic carbocycles. The van der Waals surface area contributed by atoms with E-state index < -0.39 is 5.97 Å². The molecule has 0 atom stereocenters. The standard InChI is InChI=1S/C18H19N3O4/c22-15-6-2-1-5-14(15)18(24)25-13-17(23)21-11-9-20(10-12-21)16-7-3-4-8-19-16/h1-8,22H,9-13H2. The number of pyridine rings is 1. The van der Waals surface area contributed by atoms with Crippen molar-refractivity contribution in [2.45, 2.75) is 0 Å². The molecule has 1 aromatic heterocycles. The fourth-order valence-electron chi connectivity index (χ4n) is 2.67. The van der Waals surface area contributed by atoms with Crippen LogP contribution in [0.4, 0.5) is 5.82 Å². The van der Waals surface area contributed by atoms with Crippen LogP contribution < -0.4 is 4.90 Å². The fraction of sp³-hybridized carbons (Fsp3) is 0.278. The predicted molar refractivity (Wildman–Crippen MR) is 91.4 cm³/mol. The van der Waals surface area contributed by atoms with Crippen LogP contribution in [-0.2, 0) is 9.53 Å². The topological polar surface area (TPSA) is 83.0 Å². The zero-order valence-electron chi connectivity index (χ0n) is 13.7. The van der Waals surface area contributed by atoms with E-state index in [1.807, 2.05) is 18.2 Å². The van der Waals surface area contributed by atoms with Crippen LogP contribution in [0.5, 0.6) is 5.75 Å². The van der Waals surface area contributed by atoms with Crippen molar-refractivity contribution in [3.63, 3.8) is 0 Å². The van der Waals surface area contributed by atoms with Gasteiger partial charge >= 0.3 is 5.97 Å². The molecule has 1 amide bonds. The number of aromatic nitrogens is 1. The Hall–Kier alpha value is -3.09. The third-order valence-corrected chi connectivity index (χ3v) is 4.06. The molecule has 1 N–H and O–H groups in total. The Bertz CT molecular complexity index is 743. The lowest BCUT2D eigenvalue weighted by Crippen LogP contribution is -2.50. The lowest BCUT2D eigenvalue weighted by Gasteiger charge is -2.35. The summed E-state index contributed by atoms with van der Waals surface area (Å²) < 4.78 is 5.02. The molecule has 0 saturated carbocycles. The lowest BCUT2D eigenvalue weighted by atomic mass is 10.2. The molecule has 7 heteroatoms. The van der Waals surface area contributed by atoms with Crippen molar-refractivity contribution in [2.75, 3.05) is 37.7 Å². The molecule has 2 aromatic rings. The highest BCUT2D eigenvalue weighted by Crippen LogP contribution is 2.17. The second-order valence-corrected chi connectivity index (χ2v) is 5.65. The number of hydrogen-bond acceptors (Lipinski definition) is 6. The number of phenols is 1. The van der Waals surface area contributed by atoms with Crippen molar-refractivity contribution in [2.24, 2.45) is 0 Å². The molecule has 0 spiro atoms. The molecule has 0 unspecified atom stereocenters. The van der Waals surface area contributed by atoms with Gasteiger partial charge in [0.25, 0.3) is 5.91 Å². The van der Waals surface area contributed by atoms with E-state index in [0.29, 0.717) is 26.2 Å². The average Bonchev–Trinajstić information content (AvgIpc) is 2.67. The van der Waals surface area contributed by atoms with E-state index in [1.54, 1.807) is 23.2 Å². The summed E-state index contributed by atoms with van der Waals surface area (Å²) in [5, 5.41) is 9.62. The smallest absolute Gasteiger partial charge is 0.342 e. The first kappa shape index (κ1) is 16.8. The molecule has 0 radical (unpaired) electrons. The van der Waals surface area contributed by atoms with Gasteiger partial charge in [-0.3, -0.25) is 4.79 Å². The minimum Gasteiger partial charge on any atom is -0.507 e. The van der Waals surface area contributed by atoms with E-state index in [1.165, 1.54) is 12.1 Å². The SMILES string of the molecule is O=C(OCC(=O)N1CCN(c2ccccn2)CC1)c1ccccc1O. The van der Waals surface area contributed by atoms with Gasteiger partial charge in [0, 0.05) is 32.4 Å². The number of aromatic hydroxyl groups is 1. The Kier molecular flexibility index (Phi) is 5.13. The van der Waals surface area contributed by atoms with Crippen LogP contribution in [-0.4, -0.2) is 59.7 Å². The largest absolute Gasteiger partial charge is 0.507 e. The number of anilines is 1. The first-order valence-corrected chi connectivity index (χ1v) is 8.04. The van der Waals surface area contributed by atoms with Crippen molar-refractivity contribution in [3.05, 3.63) is 54.2 Å². The van der Waals surface area contributed by atoms with Gasteiger partial charge in [0.1, 0.15) is 17.1 Å². The number of esters is 1. The van der Waals surface area contributed by atoms with Gasteiger partial charge in [-0.15, -0.1) is 0 Å². The fourth-order valence-corrected chi connectivity index (χ4v) is 2.67. The van der Waals surface area contributed by atoms with Crippen molar-refractivity contribution >= 4 is 17.7 Å². The Balaban J connectivity index is 1.48. The second-order valence-electron chi connectivity index (χ2n) is 5.65. The maximum Gasteiger partial charge on any atom is 0.342 e. The summed E-state index contributed by atoms with van der Waals surface area (Å²) in [5.41, 5.74) is 0.0512. The number of hydrogen-bond donors (Lipinski definition) is 1. The van der Waals surface area contributed by atoms with Crippen LogP contribution in [0.2, 0.25) is 0 Å². The van der Waals surface area contributed by atoms with Crippen LogP contribution in [0, 0.1) is 0 Å². The molecule has 130 valence electrons. The first-order chi connectivity index (χ1) is 12.1. The second kappa shape index (κ2) is 7.65. The number of carbonyl (C=O) groups excluding carboxylic acids is 2. The predicted octanol–water partition coefficient (Wildman–Crippen LogP) is 1.29. The molecule has 1 fully saturated rings. The number of nitrogens with zero attached hydrogens (tertiary/aromatic N) is 3. The number of ether oxygens (including phenoxy) is 1. The molecule has 1 aliphatic heterocycles. The van der Waals surface area contributed by atoms with Crippen LogP contribution in [0.1, 0.15) is 10.4 Å². The molecule has 25 heavy (non-hydrogen) atoms. The van der Waals surface area contributed by atoms with Gasteiger partial charge in [-0.05, 0) is 24.3 Å². The summed E-state index contributed by atoms with van der Waals surface area (Å²) >= 11 is 0. The lowest BCUT2D eigenvalue weighted by molar-refractivity contribution is -0.134. The quantitative estimate of drug-likeness (QED) is 0.844. The van der Waals surface area contributed by atoms with E-state index in [0.717, 1.165) is 5.82 Å². The number of para-hydroxylation sites is 1. The van der Waals surface area contributed by atoms with E-state index >= 15 is 0 Å². The van der Waals surface area contributed by atoms with Crippen LogP contribution in [0.15, 0.2) is 48.7 Å². The molecule has 7 nitrogen and oxygen atoms in total. The van der Waals surface area contributed by atoms with E-state index in [2.05, 4.69) is 9.88 Å². The molecule has 2 heterocycles. The molecular formula is C18H19N3O4. The highest BCUT2D eigenvalue weighted by molar-refractivity contribution is 5.93. The van der Waals surface area contributed by atoms with Gasteiger partial charge in [-0.1, -0.05) is 18.2 Å². The number of benzene rings is 1. The van der Waals surface area contributed by atoms with Crippen molar-refractivity contribution in [1.29, 1.82) is 0 Å². The number of rotatable bonds is 4. The maximum absolute atomic E-state index is 12.2. The third kappa shape index (κ3) is 4.06. The van der Waals surface area contributed by atoms with Gasteiger partial charge in [0.15, 0.2) is 6.61 Å². The van der Waals surface area contributed by atoms with Crippen molar-refractivity contribution < 1.29 is 19.4 Å². The summed E-state index contributed by atoms with van der Waals surface area (Å²) in [6.45, 7) is 2.11. The Morgan fingerprint density at radius 3 is 2.44 bits per heavy atom. The Morgan fingerprint density at radius 2 is 1.76 bits per heavy atom. The molecule has 0 aliphatic carbocycles. The normalized spacial score (nSPS) is 14.2. The number of piperazine rings is 1. The Morgan fingerprint density at radius 1 is 1.04 bits per heavy atom. The summed E-state index contributed by atoms with van der Waals surface area (Å²) in [7, 11) is 0. The molecule has 1 aliphatic rings. The maximum atomic E-state index is 12.2. The Labute approximate surface area is 145 Å². The zero-order valence-corrected chi connectivity index (χ0v) is 13.7. The van der Waals surface area contributed by atoms with Crippen LogP contribution >= 0.6 is 0 Å². The number of phenolic OH excluding ortho intramolecular Hbond substituents is 1. The summed E-state index contributed by atoms with van der Waals surface area (Å²) in [6.07, 6.45) is 1.74. The highest BCUT2D eigenvalue weighted by atomic mass is 16.5. The van der Waals surface area contributed by atoms with E-state index in [4.69, 9.17) is 4.74 Å². The van der Waals surface area contributed by atoms with Gasteiger partial charge in [0.2, 0.25) is 0 Å². The number of carbonyl (C=O) groups is 2. The van der Waals surface area contributed by atoms with Crippen molar-refractivity contribution in [3.8, 4) is 5.75 Å². The average molecular weight is 341 g/mol. The van der Waals surface area contributed by atoms with Gasteiger partial charge in [-0.2, -0.15) is 0 Å². The van der Waals surface area contributed by atoms with Crippen LogP contribution in [0.3, 0.4) is 0 Å². The van der Waals surface area contributed by atoms with Crippen LogP contribution in [0.25, 0.3) is 0 Å². The van der Waals surface area contributed by atoms with Crippen molar-refractivity contribution in [1.82, 2.24) is 9.88 Å². The molecule has 0 bridgehead atoms. The molecule has 3 rings (SSSR count).